The Kier molecular flexibility index (Phi) is 6.01. The first-order chi connectivity index (χ1) is 13.6. The van der Waals surface area contributed by atoms with Gasteiger partial charge in [-0.15, -0.1) is 0 Å². The third-order valence-electron chi connectivity index (χ3n) is 3.90. The van der Waals surface area contributed by atoms with Crippen LogP contribution in [0.4, 0.5) is 11.5 Å². The maximum Gasteiger partial charge on any atom is 0.270 e. The Morgan fingerprint density at radius 3 is 2.64 bits per heavy atom. The molecule has 0 aliphatic rings. The van der Waals surface area contributed by atoms with Gasteiger partial charge in [0.05, 0.1) is 32.1 Å². The Morgan fingerprint density at radius 1 is 1.07 bits per heavy atom. The minimum absolute atomic E-state index is 0.257. The van der Waals surface area contributed by atoms with Crippen molar-refractivity contribution in [3.05, 3.63) is 65.9 Å². The van der Waals surface area contributed by atoms with E-state index in [0.29, 0.717) is 35.4 Å². The summed E-state index contributed by atoms with van der Waals surface area (Å²) in [6.07, 6.45) is 1.68. The molecule has 28 heavy (non-hydrogen) atoms. The summed E-state index contributed by atoms with van der Waals surface area (Å²) in [6, 6.07) is 12.5. The van der Waals surface area contributed by atoms with Crippen LogP contribution in [-0.2, 0) is 6.54 Å². The van der Waals surface area contributed by atoms with Gasteiger partial charge in [-0.25, -0.2) is 9.97 Å². The lowest BCUT2D eigenvalue weighted by atomic mass is 10.2. The van der Waals surface area contributed by atoms with Crippen molar-refractivity contribution in [2.45, 2.75) is 13.5 Å². The van der Waals surface area contributed by atoms with Crippen molar-refractivity contribution in [1.82, 2.24) is 20.3 Å². The van der Waals surface area contributed by atoms with E-state index in [1.165, 1.54) is 0 Å². The lowest BCUT2D eigenvalue weighted by Gasteiger charge is -2.13. The van der Waals surface area contributed by atoms with Crippen molar-refractivity contribution in [2.24, 2.45) is 0 Å². The van der Waals surface area contributed by atoms with Crippen LogP contribution >= 0.6 is 0 Å². The van der Waals surface area contributed by atoms with Crippen molar-refractivity contribution in [3.8, 4) is 11.5 Å². The monoisotopic (exact) mass is 379 g/mol. The minimum Gasteiger partial charge on any atom is -0.497 e. The minimum atomic E-state index is -0.309. The molecule has 8 heteroatoms. The Balaban J connectivity index is 1.79. The number of rotatable bonds is 7. The number of hydrogen-bond donors (Lipinski definition) is 2. The zero-order valence-corrected chi connectivity index (χ0v) is 15.9. The Bertz CT molecular complexity index is 963. The smallest absolute Gasteiger partial charge is 0.270 e. The second-order valence-corrected chi connectivity index (χ2v) is 5.88. The van der Waals surface area contributed by atoms with Gasteiger partial charge in [0.2, 0.25) is 0 Å². The summed E-state index contributed by atoms with van der Waals surface area (Å²) in [7, 11) is 3.17. The van der Waals surface area contributed by atoms with Crippen LogP contribution in [0.5, 0.6) is 11.5 Å². The van der Waals surface area contributed by atoms with E-state index in [1.807, 2.05) is 18.2 Å². The molecule has 0 unspecified atom stereocenters. The molecule has 0 saturated carbocycles. The number of nitrogens with one attached hydrogen (secondary N) is 2. The van der Waals surface area contributed by atoms with E-state index >= 15 is 0 Å². The molecule has 2 heterocycles. The predicted octanol–water partition coefficient (Wildman–Crippen LogP) is 2.87. The van der Waals surface area contributed by atoms with E-state index in [1.54, 1.807) is 51.6 Å². The van der Waals surface area contributed by atoms with Gasteiger partial charge in [0.25, 0.3) is 5.91 Å². The molecule has 8 nitrogen and oxygen atoms in total. The molecule has 0 aliphatic heterocycles. The quantitative estimate of drug-likeness (QED) is 0.651. The molecular formula is C20H21N5O3. The van der Waals surface area contributed by atoms with E-state index in [0.717, 1.165) is 5.69 Å². The number of benzene rings is 1. The zero-order chi connectivity index (χ0) is 19.9. The number of aromatic nitrogens is 3. The molecule has 3 rings (SSSR count). The molecule has 144 valence electrons. The number of ether oxygens (including phenoxy) is 2. The number of pyridine rings is 1. The van der Waals surface area contributed by atoms with Crippen LogP contribution in [0.15, 0.2) is 48.7 Å². The fourth-order valence-corrected chi connectivity index (χ4v) is 2.56. The first-order valence-corrected chi connectivity index (χ1v) is 8.62. The molecule has 0 fully saturated rings. The predicted molar refractivity (Wildman–Crippen MR) is 105 cm³/mol. The topological polar surface area (TPSA) is 98.3 Å². The molecule has 3 aromatic rings. The second-order valence-electron chi connectivity index (χ2n) is 5.88. The molecular weight excluding hydrogens is 358 g/mol. The van der Waals surface area contributed by atoms with Gasteiger partial charge in [-0.3, -0.25) is 9.78 Å². The number of aryl methyl sites for hydroxylation is 1. The average Bonchev–Trinajstić information content (AvgIpc) is 2.72. The second kappa shape index (κ2) is 8.81. The highest BCUT2D eigenvalue weighted by molar-refractivity contribution is 5.93. The normalized spacial score (nSPS) is 10.2. The zero-order valence-electron chi connectivity index (χ0n) is 15.9. The summed E-state index contributed by atoms with van der Waals surface area (Å²) in [6.45, 7) is 2.04. The lowest BCUT2D eigenvalue weighted by molar-refractivity contribution is 0.0945. The Morgan fingerprint density at radius 2 is 1.93 bits per heavy atom. The number of carbonyl (C=O) groups is 1. The third kappa shape index (κ3) is 4.73. The first-order valence-electron chi connectivity index (χ1n) is 8.62. The van der Waals surface area contributed by atoms with Crippen LogP contribution < -0.4 is 20.1 Å². The number of nitrogens with zero attached hydrogens (tertiary/aromatic N) is 3. The summed E-state index contributed by atoms with van der Waals surface area (Å²) in [4.78, 5) is 25.3. The SMILES string of the molecule is COc1ccc(OC)c(Nc2cc(C(=O)NCc3ccccn3)nc(C)n2)c1. The van der Waals surface area contributed by atoms with Gasteiger partial charge in [-0.1, -0.05) is 6.07 Å². The van der Waals surface area contributed by atoms with Crippen molar-refractivity contribution in [1.29, 1.82) is 0 Å². The number of anilines is 2. The molecule has 0 radical (unpaired) electrons. The van der Waals surface area contributed by atoms with E-state index in [2.05, 4.69) is 25.6 Å². The number of carbonyl (C=O) groups excluding carboxylic acids is 1. The van der Waals surface area contributed by atoms with Crippen LogP contribution in [0.3, 0.4) is 0 Å². The van der Waals surface area contributed by atoms with Gasteiger partial charge >= 0.3 is 0 Å². The summed E-state index contributed by atoms with van der Waals surface area (Å²) < 4.78 is 10.6. The van der Waals surface area contributed by atoms with Crippen LogP contribution in [0, 0.1) is 6.92 Å². The molecule has 1 aromatic carbocycles. The largest absolute Gasteiger partial charge is 0.497 e. The number of methoxy groups -OCH3 is 2. The first kappa shape index (κ1) is 19.1. The van der Waals surface area contributed by atoms with Gasteiger partial charge in [0.15, 0.2) is 0 Å². The van der Waals surface area contributed by atoms with Crippen LogP contribution in [0.2, 0.25) is 0 Å². The molecule has 1 amide bonds. The fraction of sp³-hybridized carbons (Fsp3) is 0.200. The van der Waals surface area contributed by atoms with Crippen molar-refractivity contribution in [3.63, 3.8) is 0 Å². The van der Waals surface area contributed by atoms with Crippen LogP contribution in [-0.4, -0.2) is 35.1 Å². The average molecular weight is 379 g/mol. The molecule has 0 atom stereocenters. The summed E-state index contributed by atoms with van der Waals surface area (Å²) in [5, 5.41) is 5.97. The van der Waals surface area contributed by atoms with Crippen LogP contribution in [0.25, 0.3) is 0 Å². The molecule has 2 N–H and O–H groups in total. The van der Waals surface area contributed by atoms with Crippen molar-refractivity contribution >= 4 is 17.4 Å². The van der Waals surface area contributed by atoms with Crippen molar-refractivity contribution < 1.29 is 14.3 Å². The summed E-state index contributed by atoms with van der Waals surface area (Å²) in [5.74, 6) is 1.93. The van der Waals surface area contributed by atoms with Gasteiger partial charge in [0, 0.05) is 18.3 Å². The van der Waals surface area contributed by atoms with Crippen LogP contribution in [0.1, 0.15) is 22.0 Å². The fourth-order valence-electron chi connectivity index (χ4n) is 2.56. The van der Waals surface area contributed by atoms with Crippen molar-refractivity contribution in [2.75, 3.05) is 19.5 Å². The standard InChI is InChI=1S/C20H21N5O3/c1-13-23-17(20(26)22-12-14-6-4-5-9-21-14)11-19(24-13)25-16-10-15(27-2)7-8-18(16)28-3/h4-11H,12H2,1-3H3,(H,22,26)(H,23,24,25). The molecule has 2 aromatic heterocycles. The maximum atomic E-state index is 12.5. The highest BCUT2D eigenvalue weighted by Gasteiger charge is 2.12. The molecule has 0 aliphatic carbocycles. The van der Waals surface area contributed by atoms with E-state index in [-0.39, 0.29) is 11.6 Å². The lowest BCUT2D eigenvalue weighted by Crippen LogP contribution is -2.24. The Labute approximate surface area is 163 Å². The molecule has 0 spiro atoms. The van der Waals surface area contributed by atoms with Gasteiger partial charge < -0.3 is 20.1 Å². The molecule has 0 bridgehead atoms. The van der Waals surface area contributed by atoms with Gasteiger partial charge in [0.1, 0.15) is 28.8 Å². The third-order valence-corrected chi connectivity index (χ3v) is 3.90. The van der Waals surface area contributed by atoms with Gasteiger partial charge in [-0.2, -0.15) is 0 Å². The number of hydrogen-bond acceptors (Lipinski definition) is 7. The van der Waals surface area contributed by atoms with Gasteiger partial charge in [-0.05, 0) is 31.2 Å². The van der Waals surface area contributed by atoms with E-state index in [4.69, 9.17) is 9.47 Å². The number of amides is 1. The highest BCUT2D eigenvalue weighted by Crippen LogP contribution is 2.31. The maximum absolute atomic E-state index is 12.5. The molecule has 0 saturated heterocycles. The summed E-state index contributed by atoms with van der Waals surface area (Å²) >= 11 is 0. The summed E-state index contributed by atoms with van der Waals surface area (Å²) in [5.41, 5.74) is 1.69. The van der Waals surface area contributed by atoms with E-state index < -0.39 is 0 Å². The highest BCUT2D eigenvalue weighted by atomic mass is 16.5. The van der Waals surface area contributed by atoms with E-state index in [9.17, 15) is 4.79 Å². The Hall–Kier alpha value is -3.68.